The first-order valence-corrected chi connectivity index (χ1v) is 7.90. The van der Waals surface area contributed by atoms with Crippen molar-refractivity contribution in [3.8, 4) is 0 Å². The highest BCUT2D eigenvalue weighted by Gasteiger charge is 2.44. The molecule has 1 fully saturated rings. The van der Waals surface area contributed by atoms with E-state index < -0.39 is 28.7 Å². The van der Waals surface area contributed by atoms with Crippen LogP contribution < -0.4 is 5.32 Å². The zero-order valence-corrected chi connectivity index (χ0v) is 12.2. The van der Waals surface area contributed by atoms with Crippen LogP contribution in [0.5, 0.6) is 0 Å². The number of aromatic nitrogens is 1. The summed E-state index contributed by atoms with van der Waals surface area (Å²) in [5.74, 6) is -1.26. The Morgan fingerprint density at radius 3 is 2.76 bits per heavy atom. The second kappa shape index (κ2) is 5.80. The van der Waals surface area contributed by atoms with Crippen LogP contribution >= 0.6 is 0 Å². The van der Waals surface area contributed by atoms with Crippen molar-refractivity contribution in [1.29, 1.82) is 0 Å². The maximum atomic E-state index is 12.8. The molecule has 0 aromatic carbocycles. The minimum absolute atomic E-state index is 0.0341. The fraction of sp³-hybridized carbons (Fsp3) is 0.583. The van der Waals surface area contributed by atoms with E-state index in [9.17, 15) is 21.6 Å². The lowest BCUT2D eigenvalue weighted by Crippen LogP contribution is -2.44. The predicted octanol–water partition coefficient (Wildman–Crippen LogP) is 2.09. The number of hydrogen-bond acceptors (Lipinski definition) is 4. The summed E-state index contributed by atoms with van der Waals surface area (Å²) < 4.78 is 64.1. The molecule has 1 aliphatic heterocycles. The lowest BCUT2D eigenvalue weighted by atomic mass is 9.99. The summed E-state index contributed by atoms with van der Waals surface area (Å²) in [5, 5.41) is 2.70. The normalized spacial score (nSPS) is 21.2. The summed E-state index contributed by atoms with van der Waals surface area (Å²) in [4.78, 5) is 3.85. The zero-order chi connectivity index (χ0) is 15.7. The number of anilines is 1. The highest BCUT2D eigenvalue weighted by atomic mass is 32.2. The first kappa shape index (κ1) is 16.0. The van der Waals surface area contributed by atoms with Crippen LogP contribution in [0.4, 0.5) is 19.0 Å². The van der Waals surface area contributed by atoms with Crippen molar-refractivity contribution in [2.45, 2.75) is 23.9 Å². The van der Waals surface area contributed by atoms with Gasteiger partial charge in [0.05, 0.1) is 10.8 Å². The van der Waals surface area contributed by atoms with Gasteiger partial charge in [0.2, 0.25) is 10.0 Å². The Labute approximate surface area is 121 Å². The van der Waals surface area contributed by atoms with Gasteiger partial charge in [-0.15, -0.1) is 0 Å². The SMILES string of the molecule is CNc1cc(S(=O)(=O)N2CCCC(C(F)(F)F)C2)ccn1. The molecular formula is C12H16F3N3O2S. The molecule has 0 radical (unpaired) electrons. The molecule has 1 saturated heterocycles. The summed E-state index contributed by atoms with van der Waals surface area (Å²) in [6.45, 7) is -0.421. The quantitative estimate of drug-likeness (QED) is 0.925. The number of alkyl halides is 3. The molecule has 1 unspecified atom stereocenters. The van der Waals surface area contributed by atoms with Gasteiger partial charge in [0, 0.05) is 32.4 Å². The average Bonchev–Trinajstić information content (AvgIpc) is 2.46. The Kier molecular flexibility index (Phi) is 4.43. The summed E-state index contributed by atoms with van der Waals surface area (Å²) in [6.07, 6.45) is -2.90. The van der Waals surface area contributed by atoms with Gasteiger partial charge in [-0.05, 0) is 18.9 Å². The van der Waals surface area contributed by atoms with Gasteiger partial charge < -0.3 is 5.32 Å². The lowest BCUT2D eigenvalue weighted by Gasteiger charge is -2.32. The molecule has 9 heteroatoms. The van der Waals surface area contributed by atoms with Gasteiger partial charge in [0.15, 0.2) is 0 Å². The number of nitrogens with zero attached hydrogens (tertiary/aromatic N) is 2. The standard InChI is InChI=1S/C12H16F3N3O2S/c1-16-11-7-10(4-5-17-11)21(19,20)18-6-2-3-9(8-18)12(13,14)15/h4-5,7,9H,2-3,6,8H2,1H3,(H,16,17). The highest BCUT2D eigenvalue weighted by Crippen LogP contribution is 2.35. The van der Waals surface area contributed by atoms with Gasteiger partial charge in [0.25, 0.3) is 0 Å². The first-order valence-electron chi connectivity index (χ1n) is 6.46. The summed E-state index contributed by atoms with van der Waals surface area (Å²) in [5.41, 5.74) is 0. The summed E-state index contributed by atoms with van der Waals surface area (Å²) in [6, 6.07) is 2.60. The first-order chi connectivity index (χ1) is 9.75. The predicted molar refractivity (Wildman–Crippen MR) is 71.3 cm³/mol. The number of hydrogen-bond donors (Lipinski definition) is 1. The number of rotatable bonds is 3. The summed E-state index contributed by atoms with van der Waals surface area (Å²) in [7, 11) is -2.35. The highest BCUT2D eigenvalue weighted by molar-refractivity contribution is 7.89. The molecular weight excluding hydrogens is 307 g/mol. The fourth-order valence-corrected chi connectivity index (χ4v) is 3.82. The molecule has 2 rings (SSSR count). The Hall–Kier alpha value is -1.35. The van der Waals surface area contributed by atoms with E-state index in [2.05, 4.69) is 10.3 Å². The maximum Gasteiger partial charge on any atom is 0.393 e. The van der Waals surface area contributed by atoms with Crippen LogP contribution in [-0.2, 0) is 10.0 Å². The van der Waals surface area contributed by atoms with E-state index >= 15 is 0 Å². The van der Waals surface area contributed by atoms with Crippen molar-refractivity contribution in [3.05, 3.63) is 18.3 Å². The average molecular weight is 323 g/mol. The number of pyridine rings is 1. The minimum atomic E-state index is -4.37. The summed E-state index contributed by atoms with van der Waals surface area (Å²) >= 11 is 0. The molecule has 1 N–H and O–H groups in total. The van der Waals surface area contributed by atoms with Gasteiger partial charge in [-0.3, -0.25) is 0 Å². The molecule has 1 atom stereocenters. The van der Waals surface area contributed by atoms with Crippen LogP contribution in [0.3, 0.4) is 0 Å². The number of piperidine rings is 1. The van der Waals surface area contributed by atoms with Crippen LogP contribution in [0.2, 0.25) is 0 Å². The van der Waals surface area contributed by atoms with Gasteiger partial charge >= 0.3 is 6.18 Å². The van der Waals surface area contributed by atoms with Crippen molar-refractivity contribution < 1.29 is 21.6 Å². The second-order valence-electron chi connectivity index (χ2n) is 4.87. The molecule has 0 spiro atoms. The molecule has 21 heavy (non-hydrogen) atoms. The van der Waals surface area contributed by atoms with Gasteiger partial charge in [0.1, 0.15) is 5.82 Å². The second-order valence-corrected chi connectivity index (χ2v) is 6.81. The third kappa shape index (κ3) is 3.46. The van der Waals surface area contributed by atoms with Crippen LogP contribution in [0.25, 0.3) is 0 Å². The van der Waals surface area contributed by atoms with Crippen LogP contribution in [0.15, 0.2) is 23.2 Å². The molecule has 118 valence electrons. The Balaban J connectivity index is 2.26. The van der Waals surface area contributed by atoms with Crippen molar-refractivity contribution in [3.63, 3.8) is 0 Å². The topological polar surface area (TPSA) is 62.3 Å². The van der Waals surface area contributed by atoms with Crippen LogP contribution in [-0.4, -0.2) is 44.0 Å². The smallest absolute Gasteiger partial charge is 0.373 e. The molecule has 0 saturated carbocycles. The number of halogens is 3. The Morgan fingerprint density at radius 1 is 1.43 bits per heavy atom. The molecule has 0 aliphatic carbocycles. The Morgan fingerprint density at radius 2 is 2.14 bits per heavy atom. The van der Waals surface area contributed by atoms with E-state index in [0.29, 0.717) is 5.82 Å². The third-order valence-electron chi connectivity index (χ3n) is 3.47. The van der Waals surface area contributed by atoms with E-state index in [4.69, 9.17) is 0 Å². The van der Waals surface area contributed by atoms with Gasteiger partial charge in [-0.1, -0.05) is 0 Å². The van der Waals surface area contributed by atoms with Crippen molar-refractivity contribution >= 4 is 15.8 Å². The van der Waals surface area contributed by atoms with E-state index in [1.165, 1.54) is 18.3 Å². The number of sulfonamides is 1. The molecule has 2 heterocycles. The largest absolute Gasteiger partial charge is 0.393 e. The monoisotopic (exact) mass is 323 g/mol. The van der Waals surface area contributed by atoms with Crippen molar-refractivity contribution in [2.24, 2.45) is 5.92 Å². The lowest BCUT2D eigenvalue weighted by molar-refractivity contribution is -0.182. The van der Waals surface area contributed by atoms with Crippen LogP contribution in [0, 0.1) is 5.92 Å². The van der Waals surface area contributed by atoms with Gasteiger partial charge in [-0.25, -0.2) is 13.4 Å². The Bertz CT molecular complexity index is 604. The van der Waals surface area contributed by atoms with E-state index in [1.54, 1.807) is 7.05 Å². The van der Waals surface area contributed by atoms with Crippen molar-refractivity contribution in [1.82, 2.24) is 9.29 Å². The van der Waals surface area contributed by atoms with Crippen molar-refractivity contribution in [2.75, 3.05) is 25.5 Å². The molecule has 1 aliphatic rings. The van der Waals surface area contributed by atoms with Crippen LogP contribution in [0.1, 0.15) is 12.8 Å². The molecule has 0 bridgehead atoms. The molecule has 5 nitrogen and oxygen atoms in total. The fourth-order valence-electron chi connectivity index (χ4n) is 2.29. The molecule has 1 aromatic rings. The third-order valence-corrected chi connectivity index (χ3v) is 5.33. The maximum absolute atomic E-state index is 12.8. The van der Waals surface area contributed by atoms with E-state index in [0.717, 1.165) is 4.31 Å². The molecule has 0 amide bonds. The van der Waals surface area contributed by atoms with E-state index in [1.807, 2.05) is 0 Å². The zero-order valence-electron chi connectivity index (χ0n) is 11.4. The van der Waals surface area contributed by atoms with Gasteiger partial charge in [-0.2, -0.15) is 17.5 Å². The minimum Gasteiger partial charge on any atom is -0.373 e. The number of nitrogens with one attached hydrogen (secondary N) is 1. The van der Waals surface area contributed by atoms with E-state index in [-0.39, 0.29) is 24.3 Å². The molecule has 1 aromatic heterocycles.